The monoisotopic (exact) mass is 382 g/mol. The van der Waals surface area contributed by atoms with E-state index in [4.69, 9.17) is 18.9 Å². The number of methoxy groups -OCH3 is 4. The summed E-state index contributed by atoms with van der Waals surface area (Å²) in [4.78, 5) is 0. The highest BCUT2D eigenvalue weighted by Gasteiger charge is 2.29. The van der Waals surface area contributed by atoms with Gasteiger partial charge in [0.2, 0.25) is 0 Å². The van der Waals surface area contributed by atoms with Crippen molar-refractivity contribution in [2.24, 2.45) is 22.0 Å². The van der Waals surface area contributed by atoms with Gasteiger partial charge in [-0.3, -0.25) is 0 Å². The predicted octanol–water partition coefficient (Wildman–Crippen LogP) is 4.20. The molecule has 6 nitrogen and oxygen atoms in total. The fourth-order valence-electron chi connectivity index (χ4n) is 3.40. The van der Waals surface area contributed by atoms with E-state index in [-0.39, 0.29) is 11.8 Å². The molecule has 2 aromatic carbocycles. The minimum absolute atomic E-state index is 0.179. The highest BCUT2D eigenvalue weighted by molar-refractivity contribution is 6.11. The molecule has 0 saturated heterocycles. The third-order valence-electron chi connectivity index (χ3n) is 5.24. The molecule has 2 atom stereocenters. The molecule has 28 heavy (non-hydrogen) atoms. The maximum absolute atomic E-state index is 5.43. The zero-order chi connectivity index (χ0) is 20.3. The Labute approximate surface area is 165 Å². The lowest BCUT2D eigenvalue weighted by atomic mass is 9.81. The lowest BCUT2D eigenvalue weighted by Gasteiger charge is -2.27. The molecule has 0 aromatic heterocycles. The molecule has 0 fully saturated rings. The predicted molar refractivity (Wildman–Crippen MR) is 110 cm³/mol. The van der Waals surface area contributed by atoms with Crippen molar-refractivity contribution in [3.63, 3.8) is 0 Å². The third-order valence-corrected chi connectivity index (χ3v) is 5.24. The third kappa shape index (κ3) is 3.54. The molecule has 3 rings (SSSR count). The highest BCUT2D eigenvalue weighted by atomic mass is 16.5. The SMILES string of the molecule is COc1ccc(C2=NN=C(c3ccc(OC)c(OC)c3)C(C)C2C)cc1OC. The molecule has 1 aliphatic rings. The van der Waals surface area contributed by atoms with Crippen molar-refractivity contribution in [1.29, 1.82) is 0 Å². The summed E-state index contributed by atoms with van der Waals surface area (Å²) in [6.45, 7) is 4.32. The average Bonchev–Trinajstić information content (AvgIpc) is 2.74. The van der Waals surface area contributed by atoms with Gasteiger partial charge in [-0.2, -0.15) is 10.2 Å². The first-order valence-corrected chi connectivity index (χ1v) is 9.14. The normalized spacial score (nSPS) is 18.8. The molecule has 0 amide bonds. The van der Waals surface area contributed by atoms with Crippen LogP contribution in [0.3, 0.4) is 0 Å². The molecule has 6 heteroatoms. The van der Waals surface area contributed by atoms with Gasteiger partial charge in [0.1, 0.15) is 0 Å². The summed E-state index contributed by atoms with van der Waals surface area (Å²) in [5.74, 6) is 3.10. The number of nitrogens with zero attached hydrogens (tertiary/aromatic N) is 2. The maximum atomic E-state index is 5.43. The van der Waals surface area contributed by atoms with Crippen LogP contribution in [0, 0.1) is 11.8 Å². The summed E-state index contributed by atoms with van der Waals surface area (Å²) < 4.78 is 21.5. The van der Waals surface area contributed by atoms with E-state index in [1.807, 2.05) is 36.4 Å². The molecule has 0 bridgehead atoms. The molecule has 0 saturated carbocycles. The number of benzene rings is 2. The fourth-order valence-corrected chi connectivity index (χ4v) is 3.40. The molecular weight excluding hydrogens is 356 g/mol. The van der Waals surface area contributed by atoms with E-state index in [1.165, 1.54) is 0 Å². The van der Waals surface area contributed by atoms with Crippen molar-refractivity contribution in [3.05, 3.63) is 47.5 Å². The second-order valence-corrected chi connectivity index (χ2v) is 6.69. The second-order valence-electron chi connectivity index (χ2n) is 6.69. The van der Waals surface area contributed by atoms with E-state index in [0.717, 1.165) is 22.6 Å². The number of hydrogen-bond donors (Lipinski definition) is 0. The Morgan fingerprint density at radius 2 is 0.929 bits per heavy atom. The van der Waals surface area contributed by atoms with Gasteiger partial charge in [0, 0.05) is 23.0 Å². The summed E-state index contributed by atoms with van der Waals surface area (Å²) in [5, 5.41) is 9.11. The van der Waals surface area contributed by atoms with Crippen LogP contribution in [0.4, 0.5) is 0 Å². The van der Waals surface area contributed by atoms with Crippen LogP contribution in [0.1, 0.15) is 25.0 Å². The Morgan fingerprint density at radius 1 is 0.571 bits per heavy atom. The largest absolute Gasteiger partial charge is 0.493 e. The summed E-state index contributed by atoms with van der Waals surface area (Å²) >= 11 is 0. The molecular formula is C22H26N2O4. The van der Waals surface area contributed by atoms with Crippen LogP contribution < -0.4 is 18.9 Å². The van der Waals surface area contributed by atoms with E-state index in [2.05, 4.69) is 24.1 Å². The van der Waals surface area contributed by atoms with Gasteiger partial charge in [-0.25, -0.2) is 0 Å². The Balaban J connectivity index is 2.00. The van der Waals surface area contributed by atoms with Gasteiger partial charge in [0.25, 0.3) is 0 Å². The Bertz CT molecular complexity index is 845. The first-order valence-electron chi connectivity index (χ1n) is 9.14. The fraction of sp³-hybridized carbons (Fsp3) is 0.364. The van der Waals surface area contributed by atoms with Crippen molar-refractivity contribution in [2.75, 3.05) is 28.4 Å². The molecule has 1 heterocycles. The van der Waals surface area contributed by atoms with Gasteiger partial charge < -0.3 is 18.9 Å². The van der Waals surface area contributed by atoms with Crippen molar-refractivity contribution < 1.29 is 18.9 Å². The van der Waals surface area contributed by atoms with Gasteiger partial charge in [0.05, 0.1) is 39.9 Å². The Kier molecular flexibility index (Phi) is 5.87. The van der Waals surface area contributed by atoms with Crippen molar-refractivity contribution in [3.8, 4) is 23.0 Å². The van der Waals surface area contributed by atoms with Crippen LogP contribution in [0.5, 0.6) is 23.0 Å². The molecule has 2 unspecified atom stereocenters. The van der Waals surface area contributed by atoms with Gasteiger partial charge in [-0.05, 0) is 36.4 Å². The van der Waals surface area contributed by atoms with Crippen LogP contribution in [0.25, 0.3) is 0 Å². The molecule has 148 valence electrons. The van der Waals surface area contributed by atoms with Crippen molar-refractivity contribution in [1.82, 2.24) is 0 Å². The summed E-state index contributed by atoms with van der Waals surface area (Å²) in [7, 11) is 6.51. The zero-order valence-electron chi connectivity index (χ0n) is 17.1. The molecule has 0 aliphatic carbocycles. The molecule has 0 radical (unpaired) electrons. The van der Waals surface area contributed by atoms with Crippen molar-refractivity contribution in [2.45, 2.75) is 13.8 Å². The van der Waals surface area contributed by atoms with Gasteiger partial charge in [-0.15, -0.1) is 0 Å². The van der Waals surface area contributed by atoms with Crippen molar-refractivity contribution >= 4 is 11.4 Å². The van der Waals surface area contributed by atoms with Gasteiger partial charge in [-0.1, -0.05) is 13.8 Å². The molecule has 1 aliphatic heterocycles. The van der Waals surface area contributed by atoms with Crippen LogP contribution >= 0.6 is 0 Å². The molecule has 0 spiro atoms. The summed E-state index contributed by atoms with van der Waals surface area (Å²) in [5.41, 5.74) is 3.81. The summed E-state index contributed by atoms with van der Waals surface area (Å²) in [6.07, 6.45) is 0. The van der Waals surface area contributed by atoms with E-state index in [0.29, 0.717) is 23.0 Å². The van der Waals surface area contributed by atoms with Crippen LogP contribution in [0.2, 0.25) is 0 Å². The van der Waals surface area contributed by atoms with E-state index >= 15 is 0 Å². The van der Waals surface area contributed by atoms with Gasteiger partial charge >= 0.3 is 0 Å². The Hall–Kier alpha value is -3.02. The second kappa shape index (κ2) is 8.33. The zero-order valence-corrected chi connectivity index (χ0v) is 17.1. The highest BCUT2D eigenvalue weighted by Crippen LogP contribution is 2.34. The molecule has 2 aromatic rings. The quantitative estimate of drug-likeness (QED) is 0.751. The van der Waals surface area contributed by atoms with E-state index in [1.54, 1.807) is 28.4 Å². The minimum atomic E-state index is 0.179. The van der Waals surface area contributed by atoms with E-state index in [9.17, 15) is 0 Å². The average molecular weight is 382 g/mol. The van der Waals surface area contributed by atoms with E-state index < -0.39 is 0 Å². The van der Waals surface area contributed by atoms with Crippen LogP contribution in [0.15, 0.2) is 46.6 Å². The van der Waals surface area contributed by atoms with Gasteiger partial charge in [0.15, 0.2) is 23.0 Å². The first-order chi connectivity index (χ1) is 13.5. The molecule has 0 N–H and O–H groups in total. The number of ether oxygens (including phenoxy) is 4. The number of rotatable bonds is 6. The minimum Gasteiger partial charge on any atom is -0.493 e. The summed E-state index contributed by atoms with van der Waals surface area (Å²) in [6, 6.07) is 11.6. The standard InChI is InChI=1S/C22H26N2O4/c1-13-14(2)22(16-8-10-18(26-4)20(12-16)28-6)24-23-21(13)15-7-9-17(25-3)19(11-15)27-5/h7-14H,1-6H3. The lowest BCUT2D eigenvalue weighted by molar-refractivity contribution is 0.355. The maximum Gasteiger partial charge on any atom is 0.161 e. The smallest absolute Gasteiger partial charge is 0.161 e. The van der Waals surface area contributed by atoms with Crippen LogP contribution in [-0.2, 0) is 0 Å². The topological polar surface area (TPSA) is 61.6 Å². The first kappa shape index (κ1) is 19.7. The Morgan fingerprint density at radius 3 is 1.25 bits per heavy atom. The van der Waals surface area contributed by atoms with Crippen LogP contribution in [-0.4, -0.2) is 39.9 Å². The number of hydrogen-bond acceptors (Lipinski definition) is 6. The lowest BCUT2D eigenvalue weighted by Crippen LogP contribution is -2.30.